The van der Waals surface area contributed by atoms with Gasteiger partial charge in [0.05, 0.1) is 7.11 Å². The zero-order valence-corrected chi connectivity index (χ0v) is 11.9. The lowest BCUT2D eigenvalue weighted by atomic mass is 10.1. The van der Waals surface area contributed by atoms with E-state index in [1.54, 1.807) is 13.8 Å². The Bertz CT molecular complexity index is 602. The summed E-state index contributed by atoms with van der Waals surface area (Å²) >= 11 is 0. The van der Waals surface area contributed by atoms with Crippen molar-refractivity contribution in [3.8, 4) is 0 Å². The summed E-state index contributed by atoms with van der Waals surface area (Å²) in [6, 6.07) is 0.881. The zero-order valence-electron chi connectivity index (χ0n) is 11.1. The second kappa shape index (κ2) is 6.06. The van der Waals surface area contributed by atoms with Crippen molar-refractivity contribution in [2.75, 3.05) is 7.11 Å². The Balaban J connectivity index is 3.02. The number of carboxylic acid groups (broad SMARTS) is 1. The van der Waals surface area contributed by atoms with Crippen LogP contribution in [0.25, 0.3) is 0 Å². The number of hydrogen-bond donors (Lipinski definition) is 2. The lowest BCUT2D eigenvalue weighted by Gasteiger charge is -2.16. The van der Waals surface area contributed by atoms with Gasteiger partial charge in [0.15, 0.2) is 0 Å². The number of carbonyl (C=O) groups excluding carboxylic acids is 1. The second-order valence-corrected chi connectivity index (χ2v) is 5.94. The average Bonchev–Trinajstić information content (AvgIpc) is 2.84. The molecule has 0 saturated carbocycles. The van der Waals surface area contributed by atoms with Crippen LogP contribution in [0.1, 0.15) is 24.4 Å². The maximum absolute atomic E-state index is 12.0. The summed E-state index contributed by atoms with van der Waals surface area (Å²) in [7, 11) is -3.05. The predicted molar refractivity (Wildman–Crippen MR) is 66.6 cm³/mol. The third-order valence-electron chi connectivity index (χ3n) is 2.45. The van der Waals surface area contributed by atoms with E-state index in [0.717, 1.165) is 19.2 Å². The maximum atomic E-state index is 12.0. The molecule has 0 aromatic carbocycles. The summed E-state index contributed by atoms with van der Waals surface area (Å²) in [5, 5.41) is 8.40. The highest BCUT2D eigenvalue weighted by atomic mass is 32.2. The molecule has 0 spiro atoms. The van der Waals surface area contributed by atoms with Crippen LogP contribution in [0.2, 0.25) is 0 Å². The molecule has 0 bridgehead atoms. The smallest absolute Gasteiger partial charge is 0.374 e. The number of nitrogens with one attached hydrogen (secondary N) is 1. The monoisotopic (exact) mass is 305 g/mol. The summed E-state index contributed by atoms with van der Waals surface area (Å²) in [6.45, 7) is 3.12. The fraction of sp³-hybridized carbons (Fsp3) is 0.455. The molecule has 2 N–H and O–H groups in total. The molecule has 1 rings (SSSR count). The van der Waals surface area contributed by atoms with E-state index in [4.69, 9.17) is 9.52 Å². The van der Waals surface area contributed by atoms with Gasteiger partial charge >= 0.3 is 11.9 Å². The van der Waals surface area contributed by atoms with E-state index in [1.807, 2.05) is 4.72 Å². The van der Waals surface area contributed by atoms with Gasteiger partial charge in [-0.15, -0.1) is 0 Å². The largest absolute Gasteiger partial charge is 0.480 e. The third kappa shape index (κ3) is 3.58. The molecule has 0 fully saturated rings. The van der Waals surface area contributed by atoms with Crippen molar-refractivity contribution in [1.29, 1.82) is 0 Å². The van der Waals surface area contributed by atoms with Crippen LogP contribution in [0, 0.1) is 5.92 Å². The molecule has 0 aliphatic carbocycles. The van der Waals surface area contributed by atoms with E-state index >= 15 is 0 Å². The number of aliphatic carboxylic acids is 1. The number of rotatable bonds is 6. The molecule has 1 heterocycles. The first kappa shape index (κ1) is 16.2. The minimum atomic E-state index is -4.18. The molecule has 20 heavy (non-hydrogen) atoms. The number of carbonyl (C=O) groups is 2. The van der Waals surface area contributed by atoms with Gasteiger partial charge in [0, 0.05) is 0 Å². The molecule has 0 aliphatic heterocycles. The molecule has 9 heteroatoms. The van der Waals surface area contributed by atoms with Crippen molar-refractivity contribution in [3.63, 3.8) is 0 Å². The highest BCUT2D eigenvalue weighted by molar-refractivity contribution is 7.89. The first-order valence-electron chi connectivity index (χ1n) is 5.62. The first-order chi connectivity index (χ1) is 9.19. The van der Waals surface area contributed by atoms with Gasteiger partial charge in [-0.3, -0.25) is 4.79 Å². The van der Waals surface area contributed by atoms with Gasteiger partial charge in [-0.05, 0) is 18.1 Å². The molecule has 0 radical (unpaired) electrons. The number of hydrogen-bond acceptors (Lipinski definition) is 6. The maximum Gasteiger partial charge on any atom is 0.374 e. The lowest BCUT2D eigenvalue weighted by molar-refractivity contribution is -0.140. The summed E-state index contributed by atoms with van der Waals surface area (Å²) in [5.41, 5.74) is 0. The molecule has 112 valence electrons. The van der Waals surface area contributed by atoms with Crippen molar-refractivity contribution in [2.24, 2.45) is 5.92 Å². The van der Waals surface area contributed by atoms with Gasteiger partial charge < -0.3 is 14.3 Å². The van der Waals surface area contributed by atoms with Gasteiger partial charge in [0.25, 0.3) is 10.0 Å². The molecule has 0 amide bonds. The van der Waals surface area contributed by atoms with Crippen molar-refractivity contribution in [3.05, 3.63) is 17.9 Å². The highest BCUT2D eigenvalue weighted by Gasteiger charge is 2.30. The molecule has 0 saturated heterocycles. The predicted octanol–water partition coefficient (Wildman–Crippen LogP) is 0.454. The standard InChI is InChI=1S/C11H15NO7S/c1-6(2)9(10(13)14)12-20(16,17)8-5-4-7(19-8)11(15)18-3/h4-6,9,12H,1-3H3,(H,13,14)/t9-/m1/s1. The topological polar surface area (TPSA) is 123 Å². The Morgan fingerprint density at radius 3 is 2.40 bits per heavy atom. The minimum Gasteiger partial charge on any atom is -0.480 e. The average molecular weight is 305 g/mol. The van der Waals surface area contributed by atoms with Crippen molar-refractivity contribution in [1.82, 2.24) is 4.72 Å². The van der Waals surface area contributed by atoms with Crippen LogP contribution in [0.15, 0.2) is 21.6 Å². The van der Waals surface area contributed by atoms with Crippen LogP contribution in [-0.4, -0.2) is 38.6 Å². The van der Waals surface area contributed by atoms with Crippen LogP contribution in [0.3, 0.4) is 0 Å². The van der Waals surface area contributed by atoms with E-state index in [1.165, 1.54) is 0 Å². The van der Waals surface area contributed by atoms with Crippen LogP contribution in [-0.2, 0) is 19.6 Å². The van der Waals surface area contributed by atoms with E-state index in [2.05, 4.69) is 4.74 Å². The molecule has 0 unspecified atom stereocenters. The van der Waals surface area contributed by atoms with E-state index in [0.29, 0.717) is 0 Å². The molecular formula is C11H15NO7S. The molecule has 1 aromatic rings. The lowest BCUT2D eigenvalue weighted by Crippen LogP contribution is -2.44. The number of carboxylic acids is 1. The zero-order chi connectivity index (χ0) is 15.5. The van der Waals surface area contributed by atoms with Crippen LogP contribution < -0.4 is 4.72 Å². The summed E-state index contributed by atoms with van der Waals surface area (Å²) in [5.74, 6) is -2.88. The SMILES string of the molecule is COC(=O)c1ccc(S(=O)(=O)N[C@@H](C(=O)O)C(C)C)o1. The number of esters is 1. The quantitative estimate of drug-likeness (QED) is 0.731. The van der Waals surface area contributed by atoms with E-state index < -0.39 is 39.0 Å². The Labute approximate surface area is 115 Å². The fourth-order valence-electron chi connectivity index (χ4n) is 1.37. The Morgan fingerprint density at radius 2 is 1.95 bits per heavy atom. The van der Waals surface area contributed by atoms with E-state index in [-0.39, 0.29) is 5.76 Å². The summed E-state index contributed by atoms with van der Waals surface area (Å²) in [4.78, 5) is 22.1. The summed E-state index contributed by atoms with van der Waals surface area (Å²) < 4.78 is 35.1. The molecule has 8 nitrogen and oxygen atoms in total. The van der Waals surface area contributed by atoms with Gasteiger partial charge in [0.1, 0.15) is 6.04 Å². The van der Waals surface area contributed by atoms with Gasteiger partial charge in [-0.1, -0.05) is 13.8 Å². The van der Waals surface area contributed by atoms with Gasteiger partial charge in [-0.25, -0.2) is 13.2 Å². The van der Waals surface area contributed by atoms with Crippen molar-refractivity contribution >= 4 is 22.0 Å². The Morgan fingerprint density at radius 1 is 1.35 bits per heavy atom. The number of sulfonamides is 1. The van der Waals surface area contributed by atoms with Crippen molar-refractivity contribution < 1.29 is 32.3 Å². The molecule has 1 atom stereocenters. The summed E-state index contributed by atoms with van der Waals surface area (Å²) in [6.07, 6.45) is 0. The highest BCUT2D eigenvalue weighted by Crippen LogP contribution is 2.16. The first-order valence-corrected chi connectivity index (χ1v) is 7.10. The minimum absolute atomic E-state index is 0.288. The Hall–Kier alpha value is -1.87. The normalized spacial score (nSPS) is 13.2. The number of methoxy groups -OCH3 is 1. The molecule has 1 aromatic heterocycles. The van der Waals surface area contributed by atoms with Crippen molar-refractivity contribution in [2.45, 2.75) is 25.0 Å². The van der Waals surface area contributed by atoms with E-state index in [9.17, 15) is 18.0 Å². The number of furan rings is 1. The molecule has 0 aliphatic rings. The van der Waals surface area contributed by atoms with Crippen LogP contribution in [0.4, 0.5) is 0 Å². The third-order valence-corrected chi connectivity index (χ3v) is 3.76. The second-order valence-electron chi connectivity index (χ2n) is 4.29. The van der Waals surface area contributed by atoms with Gasteiger partial charge in [0.2, 0.25) is 10.9 Å². The van der Waals surface area contributed by atoms with Crippen LogP contribution in [0.5, 0.6) is 0 Å². The number of ether oxygens (including phenoxy) is 1. The van der Waals surface area contributed by atoms with Gasteiger partial charge in [-0.2, -0.15) is 4.72 Å². The Kier molecular flexibility index (Phi) is 4.90. The molecular weight excluding hydrogens is 290 g/mol. The fourth-order valence-corrected chi connectivity index (χ4v) is 2.64. The van der Waals surface area contributed by atoms with Crippen LogP contribution >= 0.6 is 0 Å².